The normalized spacial score (nSPS) is 10.6. The molecule has 2 N–H and O–H groups in total. The number of hydrazone groups is 1. The van der Waals surface area contributed by atoms with Crippen LogP contribution in [0.3, 0.4) is 0 Å². The Balaban J connectivity index is 1.98. The second-order valence-electron chi connectivity index (χ2n) is 3.68. The molecule has 0 bridgehead atoms. The highest BCUT2D eigenvalue weighted by Crippen LogP contribution is 2.09. The van der Waals surface area contributed by atoms with Gasteiger partial charge in [0, 0.05) is 16.9 Å². The molecule has 0 spiro atoms. The van der Waals surface area contributed by atoms with Gasteiger partial charge in [-0.25, -0.2) is 5.43 Å². The number of carbonyl (C=O) groups is 1. The molecule has 0 radical (unpaired) electrons. The minimum Gasteiger partial charge on any atom is -0.508 e. The predicted molar refractivity (Wildman–Crippen MR) is 75.1 cm³/mol. The zero-order chi connectivity index (χ0) is 13.7. The van der Waals surface area contributed by atoms with E-state index in [-0.39, 0.29) is 11.7 Å². The Kier molecular flexibility index (Phi) is 4.25. The van der Waals surface area contributed by atoms with Crippen molar-refractivity contribution in [3.8, 4) is 5.75 Å². The molecular formula is C13H10BrN3O2. The second kappa shape index (κ2) is 6.10. The van der Waals surface area contributed by atoms with Crippen LogP contribution >= 0.6 is 15.9 Å². The number of benzene rings is 1. The van der Waals surface area contributed by atoms with E-state index in [1.165, 1.54) is 12.4 Å². The van der Waals surface area contributed by atoms with E-state index in [0.29, 0.717) is 5.56 Å². The van der Waals surface area contributed by atoms with Gasteiger partial charge in [0.1, 0.15) is 5.75 Å². The summed E-state index contributed by atoms with van der Waals surface area (Å²) in [5.41, 5.74) is 3.58. The molecule has 0 unspecified atom stereocenters. The van der Waals surface area contributed by atoms with Crippen LogP contribution in [-0.4, -0.2) is 22.2 Å². The van der Waals surface area contributed by atoms with Crippen molar-refractivity contribution in [2.45, 2.75) is 0 Å². The van der Waals surface area contributed by atoms with E-state index in [1.807, 2.05) is 0 Å². The molecule has 1 heterocycles. The Labute approximate surface area is 118 Å². The molecule has 0 saturated heterocycles. The number of rotatable bonds is 3. The molecule has 0 atom stereocenters. The molecule has 1 amide bonds. The fourth-order valence-corrected chi connectivity index (χ4v) is 1.69. The van der Waals surface area contributed by atoms with E-state index >= 15 is 0 Å². The number of carbonyl (C=O) groups excluding carboxylic acids is 1. The second-order valence-corrected chi connectivity index (χ2v) is 4.60. The molecular weight excluding hydrogens is 310 g/mol. The van der Waals surface area contributed by atoms with E-state index in [0.717, 1.165) is 10.0 Å². The maximum Gasteiger partial charge on any atom is 0.272 e. The maximum absolute atomic E-state index is 11.7. The lowest BCUT2D eigenvalue weighted by atomic mass is 10.2. The summed E-state index contributed by atoms with van der Waals surface area (Å²) >= 11 is 3.24. The molecule has 0 aliphatic heterocycles. The Bertz CT molecular complexity index is 612. The molecule has 1 aromatic carbocycles. The van der Waals surface area contributed by atoms with Crippen LogP contribution in [0.15, 0.2) is 52.3 Å². The number of aromatic hydroxyl groups is 1. The number of aromatic nitrogens is 1. The largest absolute Gasteiger partial charge is 0.508 e. The maximum atomic E-state index is 11.7. The molecule has 0 aliphatic carbocycles. The Hall–Kier alpha value is -2.21. The van der Waals surface area contributed by atoms with E-state index < -0.39 is 0 Å². The highest BCUT2D eigenvalue weighted by Gasteiger charge is 2.04. The number of nitrogens with zero attached hydrogens (tertiary/aromatic N) is 2. The number of hydrogen-bond donors (Lipinski definition) is 2. The van der Waals surface area contributed by atoms with Gasteiger partial charge >= 0.3 is 0 Å². The van der Waals surface area contributed by atoms with E-state index in [4.69, 9.17) is 5.11 Å². The van der Waals surface area contributed by atoms with Crippen LogP contribution in [0.4, 0.5) is 0 Å². The Morgan fingerprint density at radius 1 is 1.32 bits per heavy atom. The highest BCUT2D eigenvalue weighted by molar-refractivity contribution is 9.10. The van der Waals surface area contributed by atoms with Gasteiger partial charge in [-0.1, -0.05) is 0 Å². The minimum absolute atomic E-state index is 0.182. The number of pyridine rings is 1. The summed E-state index contributed by atoms with van der Waals surface area (Å²) in [7, 11) is 0. The van der Waals surface area contributed by atoms with Crippen LogP contribution in [0.25, 0.3) is 0 Å². The molecule has 19 heavy (non-hydrogen) atoms. The van der Waals surface area contributed by atoms with Gasteiger partial charge in [-0.2, -0.15) is 5.10 Å². The first-order valence-electron chi connectivity index (χ1n) is 5.38. The smallest absolute Gasteiger partial charge is 0.272 e. The van der Waals surface area contributed by atoms with E-state index in [1.54, 1.807) is 36.5 Å². The van der Waals surface area contributed by atoms with Gasteiger partial charge < -0.3 is 5.11 Å². The van der Waals surface area contributed by atoms with E-state index in [2.05, 4.69) is 31.4 Å². The topological polar surface area (TPSA) is 74.6 Å². The Morgan fingerprint density at radius 3 is 2.74 bits per heavy atom. The summed E-state index contributed by atoms with van der Waals surface area (Å²) in [5, 5.41) is 12.9. The van der Waals surface area contributed by atoms with Gasteiger partial charge in [0.05, 0.1) is 11.8 Å². The molecule has 0 saturated carbocycles. The summed E-state index contributed by atoms with van der Waals surface area (Å²) in [4.78, 5) is 15.6. The number of phenolic OH excluding ortho intramolecular Hbond substituents is 1. The average Bonchev–Trinajstić information content (AvgIpc) is 2.41. The highest BCUT2D eigenvalue weighted by atomic mass is 79.9. The van der Waals surface area contributed by atoms with Gasteiger partial charge in [-0.05, 0) is 51.8 Å². The third kappa shape index (κ3) is 3.89. The first-order chi connectivity index (χ1) is 9.15. The fraction of sp³-hybridized carbons (Fsp3) is 0. The predicted octanol–water partition coefficient (Wildman–Crippen LogP) is 2.31. The molecule has 2 rings (SSSR count). The van der Waals surface area contributed by atoms with Crippen molar-refractivity contribution >= 4 is 28.1 Å². The molecule has 2 aromatic rings. The molecule has 0 aliphatic rings. The van der Waals surface area contributed by atoms with Gasteiger partial charge in [0.2, 0.25) is 0 Å². The van der Waals surface area contributed by atoms with Crippen LogP contribution in [-0.2, 0) is 0 Å². The summed E-state index contributed by atoms with van der Waals surface area (Å²) in [5.74, 6) is -0.162. The first kappa shape index (κ1) is 13.2. The van der Waals surface area contributed by atoms with Crippen molar-refractivity contribution in [3.05, 3.63) is 58.3 Å². The minimum atomic E-state index is -0.344. The molecule has 6 heteroatoms. The van der Waals surface area contributed by atoms with Crippen molar-refractivity contribution in [2.75, 3.05) is 0 Å². The van der Waals surface area contributed by atoms with Crippen molar-refractivity contribution in [1.29, 1.82) is 0 Å². The third-order valence-electron chi connectivity index (χ3n) is 2.24. The number of phenols is 1. The molecule has 0 fully saturated rings. The van der Waals surface area contributed by atoms with Crippen molar-refractivity contribution in [2.24, 2.45) is 5.10 Å². The van der Waals surface area contributed by atoms with Crippen molar-refractivity contribution in [3.63, 3.8) is 0 Å². The summed E-state index contributed by atoms with van der Waals surface area (Å²) in [6.07, 6.45) is 4.54. The molecule has 5 nitrogen and oxygen atoms in total. The Morgan fingerprint density at radius 2 is 2.05 bits per heavy atom. The van der Waals surface area contributed by atoms with Crippen molar-refractivity contribution < 1.29 is 9.90 Å². The van der Waals surface area contributed by atoms with Crippen LogP contribution < -0.4 is 5.43 Å². The lowest BCUT2D eigenvalue weighted by molar-refractivity contribution is 0.0954. The number of nitrogens with one attached hydrogen (secondary N) is 1. The number of halogens is 1. The lowest BCUT2D eigenvalue weighted by Crippen LogP contribution is -2.17. The lowest BCUT2D eigenvalue weighted by Gasteiger charge is -1.99. The van der Waals surface area contributed by atoms with Crippen LogP contribution in [0.2, 0.25) is 0 Å². The average molecular weight is 320 g/mol. The number of amides is 1. The zero-order valence-electron chi connectivity index (χ0n) is 9.75. The first-order valence-corrected chi connectivity index (χ1v) is 6.17. The van der Waals surface area contributed by atoms with Crippen LogP contribution in [0.5, 0.6) is 5.75 Å². The molecule has 96 valence electrons. The fourth-order valence-electron chi connectivity index (χ4n) is 1.33. The summed E-state index contributed by atoms with van der Waals surface area (Å²) in [6.45, 7) is 0. The third-order valence-corrected chi connectivity index (χ3v) is 2.67. The monoisotopic (exact) mass is 319 g/mol. The zero-order valence-corrected chi connectivity index (χ0v) is 11.3. The van der Waals surface area contributed by atoms with Gasteiger partial charge in [-0.3, -0.25) is 9.78 Å². The van der Waals surface area contributed by atoms with Gasteiger partial charge in [0.15, 0.2) is 0 Å². The van der Waals surface area contributed by atoms with Crippen LogP contribution in [0.1, 0.15) is 15.9 Å². The summed E-state index contributed by atoms with van der Waals surface area (Å²) in [6, 6.07) is 8.11. The molecule has 1 aromatic heterocycles. The quantitative estimate of drug-likeness (QED) is 0.673. The number of hydrogen-bond acceptors (Lipinski definition) is 4. The summed E-state index contributed by atoms with van der Waals surface area (Å²) < 4.78 is 0.725. The van der Waals surface area contributed by atoms with E-state index in [9.17, 15) is 4.79 Å². The standard InChI is InChI=1S/C13H10BrN3O2/c14-11-5-10(7-15-8-11)13(19)17-16-6-9-1-3-12(18)4-2-9/h1-8,18H,(H,17,19)/b16-6-. The SMILES string of the molecule is O=C(N/N=C\c1ccc(O)cc1)c1cncc(Br)c1. The van der Waals surface area contributed by atoms with Gasteiger partial charge in [0.25, 0.3) is 5.91 Å². The van der Waals surface area contributed by atoms with Gasteiger partial charge in [-0.15, -0.1) is 0 Å². The van der Waals surface area contributed by atoms with Crippen molar-refractivity contribution in [1.82, 2.24) is 10.4 Å². The van der Waals surface area contributed by atoms with Crippen LogP contribution in [0, 0.1) is 0 Å².